The van der Waals surface area contributed by atoms with Gasteiger partial charge in [0.1, 0.15) is 0 Å². The molecule has 0 fully saturated rings. The number of rotatable bonds is 11. The van der Waals surface area contributed by atoms with Gasteiger partial charge in [0.25, 0.3) is 15.9 Å². The molecule has 9 nitrogen and oxygen atoms in total. The molecule has 0 unspecified atom stereocenters. The lowest BCUT2D eigenvalue weighted by Gasteiger charge is -2.19. The Morgan fingerprint density at radius 3 is 2.21 bits per heavy atom. The Kier molecular flexibility index (Phi) is 9.41. The molecule has 0 radical (unpaired) electrons. The molecule has 1 amide bonds. The summed E-state index contributed by atoms with van der Waals surface area (Å²) < 4.78 is 36.5. The second-order valence-corrected chi connectivity index (χ2v) is 9.14. The van der Waals surface area contributed by atoms with Crippen LogP contribution >= 0.6 is 0 Å². The molecule has 0 saturated heterocycles. The standard InChI is InChI=1S/C23H28N2O7S/c1-4-31-22(27)6-5-15-24-21(26)16-32-23(28)18-9-11-19(12-10-18)25(3)33(29,30)20-13-7-17(2)8-14-20/h7-14H,4-6,15-16H2,1-3H3,(H,24,26). The molecule has 0 aliphatic rings. The molecular weight excluding hydrogens is 448 g/mol. The molecule has 178 valence electrons. The van der Waals surface area contributed by atoms with Crippen LogP contribution in [0.5, 0.6) is 0 Å². The molecule has 0 bridgehead atoms. The minimum absolute atomic E-state index is 0.160. The molecule has 2 aromatic carbocycles. The summed E-state index contributed by atoms with van der Waals surface area (Å²) in [6.07, 6.45) is 0.604. The van der Waals surface area contributed by atoms with Crippen molar-refractivity contribution in [2.45, 2.75) is 31.6 Å². The van der Waals surface area contributed by atoms with Crippen LogP contribution in [0.3, 0.4) is 0 Å². The molecule has 0 aromatic heterocycles. The Balaban J connectivity index is 1.86. The van der Waals surface area contributed by atoms with Gasteiger partial charge in [-0.25, -0.2) is 13.2 Å². The van der Waals surface area contributed by atoms with Crippen LogP contribution in [0.4, 0.5) is 5.69 Å². The number of carbonyl (C=O) groups excluding carboxylic acids is 3. The van der Waals surface area contributed by atoms with E-state index >= 15 is 0 Å². The maximum Gasteiger partial charge on any atom is 0.338 e. The smallest absolute Gasteiger partial charge is 0.338 e. The number of sulfonamides is 1. The molecule has 0 atom stereocenters. The van der Waals surface area contributed by atoms with Crippen LogP contribution in [0.15, 0.2) is 53.4 Å². The van der Waals surface area contributed by atoms with Gasteiger partial charge in [-0.3, -0.25) is 13.9 Å². The quantitative estimate of drug-likeness (QED) is 0.391. The fourth-order valence-electron chi connectivity index (χ4n) is 2.77. The lowest BCUT2D eigenvalue weighted by Crippen LogP contribution is -2.30. The summed E-state index contributed by atoms with van der Waals surface area (Å²) in [4.78, 5) is 35.3. The minimum Gasteiger partial charge on any atom is -0.466 e. The highest BCUT2D eigenvalue weighted by Gasteiger charge is 2.21. The number of nitrogens with zero attached hydrogens (tertiary/aromatic N) is 1. The summed E-state index contributed by atoms with van der Waals surface area (Å²) >= 11 is 0. The summed E-state index contributed by atoms with van der Waals surface area (Å²) in [5.41, 5.74) is 1.49. The second kappa shape index (κ2) is 12.0. The van der Waals surface area contributed by atoms with E-state index in [2.05, 4.69) is 5.32 Å². The zero-order chi connectivity index (χ0) is 24.4. The summed E-state index contributed by atoms with van der Waals surface area (Å²) in [7, 11) is -2.32. The van der Waals surface area contributed by atoms with Gasteiger partial charge in [0.05, 0.1) is 22.8 Å². The number of hydrogen-bond donors (Lipinski definition) is 1. The van der Waals surface area contributed by atoms with Crippen LogP contribution in [0.1, 0.15) is 35.7 Å². The van der Waals surface area contributed by atoms with Crippen LogP contribution in [0.25, 0.3) is 0 Å². The highest BCUT2D eigenvalue weighted by Crippen LogP contribution is 2.23. The van der Waals surface area contributed by atoms with Crippen molar-refractivity contribution in [1.82, 2.24) is 5.32 Å². The maximum absolute atomic E-state index is 12.8. The van der Waals surface area contributed by atoms with Crippen LogP contribution < -0.4 is 9.62 Å². The molecule has 10 heteroatoms. The van der Waals surface area contributed by atoms with Gasteiger partial charge in [-0.1, -0.05) is 17.7 Å². The molecule has 2 aromatic rings. The Morgan fingerprint density at radius 1 is 0.970 bits per heavy atom. The minimum atomic E-state index is -3.75. The number of hydrogen-bond acceptors (Lipinski definition) is 7. The fraction of sp³-hybridized carbons (Fsp3) is 0.348. The number of benzene rings is 2. The summed E-state index contributed by atoms with van der Waals surface area (Å²) in [5, 5.41) is 2.55. The van der Waals surface area contributed by atoms with E-state index in [1.54, 1.807) is 19.1 Å². The fourth-order valence-corrected chi connectivity index (χ4v) is 3.97. The number of nitrogens with one attached hydrogen (secondary N) is 1. The first-order chi connectivity index (χ1) is 15.6. The Hall–Kier alpha value is -3.40. The number of carbonyl (C=O) groups is 3. The zero-order valence-electron chi connectivity index (χ0n) is 18.9. The predicted molar refractivity (Wildman–Crippen MR) is 122 cm³/mol. The number of anilines is 1. The van der Waals surface area contributed by atoms with Crippen LogP contribution in [0, 0.1) is 6.92 Å². The molecular formula is C23H28N2O7S. The van der Waals surface area contributed by atoms with Crippen LogP contribution in [-0.2, 0) is 29.1 Å². The first-order valence-electron chi connectivity index (χ1n) is 10.4. The summed E-state index contributed by atoms with van der Waals surface area (Å²) in [6.45, 7) is 3.68. The van der Waals surface area contributed by atoms with Gasteiger partial charge in [0.2, 0.25) is 0 Å². The van der Waals surface area contributed by atoms with Gasteiger partial charge in [-0.05, 0) is 56.7 Å². The Bertz CT molecular complexity index is 1060. The largest absolute Gasteiger partial charge is 0.466 e. The van der Waals surface area contributed by atoms with Crippen LogP contribution in [0.2, 0.25) is 0 Å². The van der Waals surface area contributed by atoms with Crippen molar-refractivity contribution in [3.63, 3.8) is 0 Å². The SMILES string of the molecule is CCOC(=O)CCCNC(=O)COC(=O)c1ccc(N(C)S(=O)(=O)c2ccc(C)cc2)cc1. The number of aryl methyl sites for hydroxylation is 1. The molecule has 0 aliphatic heterocycles. The van der Waals surface area contributed by atoms with Gasteiger partial charge in [0.15, 0.2) is 6.61 Å². The Labute approximate surface area is 193 Å². The third-order valence-corrected chi connectivity index (χ3v) is 6.47. The van der Waals surface area contributed by atoms with E-state index in [1.807, 2.05) is 6.92 Å². The molecule has 33 heavy (non-hydrogen) atoms. The van der Waals surface area contributed by atoms with Crippen molar-refractivity contribution in [2.24, 2.45) is 0 Å². The van der Waals surface area contributed by atoms with Gasteiger partial charge in [-0.15, -0.1) is 0 Å². The van der Waals surface area contributed by atoms with Crippen molar-refractivity contribution < 1.29 is 32.3 Å². The van der Waals surface area contributed by atoms with Crippen molar-refractivity contribution >= 4 is 33.6 Å². The first-order valence-corrected chi connectivity index (χ1v) is 11.8. The zero-order valence-corrected chi connectivity index (χ0v) is 19.7. The van der Waals surface area contributed by atoms with E-state index in [0.29, 0.717) is 18.7 Å². The lowest BCUT2D eigenvalue weighted by atomic mass is 10.2. The molecule has 0 aliphatic carbocycles. The van der Waals surface area contributed by atoms with Crippen LogP contribution in [-0.4, -0.2) is 53.1 Å². The van der Waals surface area contributed by atoms with Crippen molar-refractivity contribution in [2.75, 3.05) is 31.1 Å². The second-order valence-electron chi connectivity index (χ2n) is 7.17. The normalized spacial score (nSPS) is 10.9. The van der Waals surface area contributed by atoms with E-state index < -0.39 is 28.5 Å². The highest BCUT2D eigenvalue weighted by atomic mass is 32.2. The van der Waals surface area contributed by atoms with Crippen molar-refractivity contribution in [1.29, 1.82) is 0 Å². The Morgan fingerprint density at radius 2 is 1.61 bits per heavy atom. The van der Waals surface area contributed by atoms with E-state index in [0.717, 1.165) is 9.87 Å². The van der Waals surface area contributed by atoms with Gasteiger partial charge in [0, 0.05) is 20.0 Å². The average molecular weight is 477 g/mol. The molecule has 2 rings (SSSR count). The van der Waals surface area contributed by atoms with Gasteiger partial charge < -0.3 is 14.8 Å². The first kappa shape index (κ1) is 25.9. The maximum atomic E-state index is 12.8. The molecule has 0 saturated carbocycles. The topological polar surface area (TPSA) is 119 Å². The van der Waals surface area contributed by atoms with Crippen molar-refractivity contribution in [3.05, 3.63) is 59.7 Å². The predicted octanol–water partition coefficient (Wildman–Crippen LogP) is 2.44. The number of esters is 2. The summed E-state index contributed by atoms with van der Waals surface area (Å²) in [6, 6.07) is 12.3. The number of amides is 1. The monoisotopic (exact) mass is 476 g/mol. The molecule has 0 spiro atoms. The molecule has 0 heterocycles. The lowest BCUT2D eigenvalue weighted by molar-refractivity contribution is -0.143. The summed E-state index contributed by atoms with van der Waals surface area (Å²) in [5.74, 6) is -1.54. The van der Waals surface area contributed by atoms with Crippen molar-refractivity contribution in [3.8, 4) is 0 Å². The highest BCUT2D eigenvalue weighted by molar-refractivity contribution is 7.92. The third-order valence-electron chi connectivity index (χ3n) is 4.67. The third kappa shape index (κ3) is 7.60. The molecule has 1 N–H and O–H groups in total. The van der Waals surface area contributed by atoms with E-state index in [9.17, 15) is 22.8 Å². The average Bonchev–Trinajstić information content (AvgIpc) is 2.80. The van der Waals surface area contributed by atoms with Gasteiger partial charge >= 0.3 is 11.9 Å². The van der Waals surface area contributed by atoms with E-state index in [4.69, 9.17) is 9.47 Å². The number of ether oxygens (including phenoxy) is 2. The van der Waals surface area contributed by atoms with E-state index in [1.165, 1.54) is 43.4 Å². The van der Waals surface area contributed by atoms with E-state index in [-0.39, 0.29) is 29.4 Å². The van der Waals surface area contributed by atoms with Gasteiger partial charge in [-0.2, -0.15) is 0 Å².